The second-order valence-corrected chi connectivity index (χ2v) is 4.06. The van der Waals surface area contributed by atoms with Gasteiger partial charge in [0.05, 0.1) is 17.3 Å². The first kappa shape index (κ1) is 15.8. The number of hydrogen-bond donors (Lipinski definition) is 2. The number of rotatable bonds is 4. The molecule has 0 aliphatic heterocycles. The van der Waals surface area contributed by atoms with Gasteiger partial charge in [-0.2, -0.15) is 18.4 Å². The van der Waals surface area contributed by atoms with Gasteiger partial charge in [-0.05, 0) is 12.5 Å². The highest BCUT2D eigenvalue weighted by Crippen LogP contribution is 2.33. The van der Waals surface area contributed by atoms with Crippen molar-refractivity contribution in [3.8, 4) is 6.07 Å². The van der Waals surface area contributed by atoms with E-state index in [2.05, 4.69) is 10.3 Å². The van der Waals surface area contributed by atoms with Gasteiger partial charge in [-0.1, -0.05) is 13.3 Å². The number of nitrogens with one attached hydrogen (secondary N) is 1. The lowest BCUT2D eigenvalue weighted by Gasteiger charge is -2.14. The number of nitrogen functional groups attached to an aromatic ring is 1. The number of anilines is 1. The minimum atomic E-state index is -4.74. The SMILES string of the molecule is CCC[C@@H](C#N)NC(=O)c1ccnc(C(F)(F)F)c1N. The summed E-state index contributed by atoms with van der Waals surface area (Å²) >= 11 is 0. The minimum Gasteiger partial charge on any atom is -0.396 e. The Bertz CT molecular complexity index is 536. The molecule has 0 aliphatic carbocycles. The van der Waals surface area contributed by atoms with Gasteiger partial charge in [0.1, 0.15) is 6.04 Å². The predicted octanol–water partition coefficient (Wildman–Crippen LogP) is 2.10. The van der Waals surface area contributed by atoms with Crippen LogP contribution < -0.4 is 11.1 Å². The summed E-state index contributed by atoms with van der Waals surface area (Å²) in [6, 6.07) is 2.17. The van der Waals surface area contributed by atoms with Crippen molar-refractivity contribution < 1.29 is 18.0 Å². The zero-order valence-electron chi connectivity index (χ0n) is 10.7. The first-order chi connectivity index (χ1) is 9.31. The monoisotopic (exact) mass is 286 g/mol. The van der Waals surface area contributed by atoms with Crippen molar-refractivity contribution in [2.75, 3.05) is 5.73 Å². The molecule has 0 saturated heterocycles. The van der Waals surface area contributed by atoms with Gasteiger partial charge in [-0.3, -0.25) is 4.79 Å². The predicted molar refractivity (Wildman–Crippen MR) is 65.4 cm³/mol. The van der Waals surface area contributed by atoms with Gasteiger partial charge >= 0.3 is 6.18 Å². The van der Waals surface area contributed by atoms with E-state index in [1.54, 1.807) is 0 Å². The molecule has 0 spiro atoms. The molecule has 1 amide bonds. The summed E-state index contributed by atoms with van der Waals surface area (Å²) in [6.07, 6.45) is -2.83. The summed E-state index contributed by atoms with van der Waals surface area (Å²) in [7, 11) is 0. The van der Waals surface area contributed by atoms with Crippen LogP contribution in [0, 0.1) is 11.3 Å². The van der Waals surface area contributed by atoms with Gasteiger partial charge in [0.25, 0.3) is 5.91 Å². The summed E-state index contributed by atoms with van der Waals surface area (Å²) in [5, 5.41) is 11.1. The second-order valence-electron chi connectivity index (χ2n) is 4.06. The minimum absolute atomic E-state index is 0.344. The molecule has 0 unspecified atom stereocenters. The third kappa shape index (κ3) is 3.60. The standard InChI is InChI=1S/C12H13F3N4O/c1-2-3-7(6-16)19-11(20)8-4-5-18-10(9(8)17)12(13,14)15/h4-5,7H,2-3,17H2,1H3,(H,19,20)/t7-/m0/s1. The summed E-state index contributed by atoms with van der Waals surface area (Å²) in [5.41, 5.74) is 2.94. The molecule has 5 nitrogen and oxygen atoms in total. The molecule has 1 heterocycles. The Morgan fingerprint density at radius 2 is 2.25 bits per heavy atom. The largest absolute Gasteiger partial charge is 0.435 e. The van der Waals surface area contributed by atoms with E-state index in [0.29, 0.717) is 12.8 Å². The lowest BCUT2D eigenvalue weighted by molar-refractivity contribution is -0.140. The van der Waals surface area contributed by atoms with Crippen molar-refractivity contribution in [1.82, 2.24) is 10.3 Å². The molecule has 1 atom stereocenters. The van der Waals surface area contributed by atoms with Crippen LogP contribution in [0.3, 0.4) is 0 Å². The summed E-state index contributed by atoms with van der Waals surface area (Å²) in [5.74, 6) is -0.824. The van der Waals surface area contributed by atoms with E-state index in [1.807, 2.05) is 13.0 Å². The van der Waals surface area contributed by atoms with E-state index in [0.717, 1.165) is 12.3 Å². The van der Waals surface area contributed by atoms with E-state index in [9.17, 15) is 18.0 Å². The Morgan fingerprint density at radius 3 is 2.75 bits per heavy atom. The molecular weight excluding hydrogens is 273 g/mol. The molecule has 0 radical (unpaired) electrons. The number of alkyl halides is 3. The third-order valence-corrected chi connectivity index (χ3v) is 2.54. The maximum absolute atomic E-state index is 12.6. The topological polar surface area (TPSA) is 91.8 Å². The number of aromatic nitrogens is 1. The molecule has 20 heavy (non-hydrogen) atoms. The van der Waals surface area contributed by atoms with E-state index in [4.69, 9.17) is 11.0 Å². The second kappa shape index (κ2) is 6.23. The number of carbonyl (C=O) groups excluding carboxylic acids is 1. The number of carbonyl (C=O) groups is 1. The Morgan fingerprint density at radius 1 is 1.60 bits per heavy atom. The summed E-state index contributed by atoms with van der Waals surface area (Å²) in [4.78, 5) is 15.0. The van der Waals surface area contributed by atoms with Gasteiger partial charge in [0.2, 0.25) is 0 Å². The van der Waals surface area contributed by atoms with Crippen LogP contribution in [0.25, 0.3) is 0 Å². The molecule has 0 aromatic carbocycles. The van der Waals surface area contributed by atoms with Gasteiger partial charge < -0.3 is 11.1 Å². The Balaban J connectivity index is 3.03. The van der Waals surface area contributed by atoms with Crippen molar-refractivity contribution in [2.24, 2.45) is 0 Å². The fraction of sp³-hybridized carbons (Fsp3) is 0.417. The van der Waals surface area contributed by atoms with Crippen molar-refractivity contribution in [2.45, 2.75) is 32.0 Å². The summed E-state index contributed by atoms with van der Waals surface area (Å²) in [6.45, 7) is 1.82. The highest BCUT2D eigenvalue weighted by atomic mass is 19.4. The Hall–Kier alpha value is -2.30. The van der Waals surface area contributed by atoms with Crippen LogP contribution in [0.4, 0.5) is 18.9 Å². The highest BCUT2D eigenvalue weighted by molar-refractivity contribution is 5.99. The van der Waals surface area contributed by atoms with Crippen molar-refractivity contribution in [1.29, 1.82) is 5.26 Å². The van der Waals surface area contributed by atoms with E-state index < -0.39 is 29.5 Å². The van der Waals surface area contributed by atoms with Gasteiger partial charge in [-0.15, -0.1) is 0 Å². The molecule has 3 N–H and O–H groups in total. The number of nitrogens with zero attached hydrogens (tertiary/aromatic N) is 2. The van der Waals surface area contributed by atoms with Crippen LogP contribution in [-0.2, 0) is 6.18 Å². The molecule has 0 aliphatic rings. The average Bonchev–Trinajstić information content (AvgIpc) is 2.36. The molecule has 1 rings (SSSR count). The van der Waals surface area contributed by atoms with Crippen LogP contribution >= 0.6 is 0 Å². The van der Waals surface area contributed by atoms with E-state index >= 15 is 0 Å². The van der Waals surface area contributed by atoms with E-state index in [1.165, 1.54) is 0 Å². The molecule has 0 fully saturated rings. The molecular formula is C12H13F3N4O. The number of nitriles is 1. The first-order valence-electron chi connectivity index (χ1n) is 5.83. The normalized spacial score (nSPS) is 12.6. The third-order valence-electron chi connectivity index (χ3n) is 2.54. The van der Waals surface area contributed by atoms with Crippen LogP contribution in [0.1, 0.15) is 35.8 Å². The number of pyridine rings is 1. The maximum atomic E-state index is 12.6. The summed E-state index contributed by atoms with van der Waals surface area (Å²) < 4.78 is 37.8. The first-order valence-corrected chi connectivity index (χ1v) is 5.83. The highest BCUT2D eigenvalue weighted by Gasteiger charge is 2.36. The number of nitrogens with two attached hydrogens (primary N) is 1. The molecule has 1 aromatic heterocycles. The fourth-order valence-electron chi connectivity index (χ4n) is 1.59. The van der Waals surface area contributed by atoms with Gasteiger partial charge in [-0.25, -0.2) is 4.98 Å². The molecule has 8 heteroatoms. The van der Waals surface area contributed by atoms with Crippen LogP contribution in [0.2, 0.25) is 0 Å². The molecule has 0 bridgehead atoms. The van der Waals surface area contributed by atoms with E-state index in [-0.39, 0.29) is 5.56 Å². The Labute approximate surface area is 113 Å². The van der Waals surface area contributed by atoms with Crippen molar-refractivity contribution >= 4 is 11.6 Å². The van der Waals surface area contributed by atoms with Gasteiger partial charge in [0.15, 0.2) is 5.69 Å². The van der Waals surface area contributed by atoms with Gasteiger partial charge in [0, 0.05) is 6.20 Å². The molecule has 0 saturated carbocycles. The average molecular weight is 286 g/mol. The lowest BCUT2D eigenvalue weighted by atomic mass is 10.1. The number of hydrogen-bond acceptors (Lipinski definition) is 4. The molecule has 1 aromatic rings. The maximum Gasteiger partial charge on any atom is 0.435 e. The molecule has 108 valence electrons. The number of halogens is 3. The smallest absolute Gasteiger partial charge is 0.396 e. The quantitative estimate of drug-likeness (QED) is 0.886. The lowest BCUT2D eigenvalue weighted by Crippen LogP contribution is -2.34. The van der Waals surface area contributed by atoms with Crippen LogP contribution in [0.5, 0.6) is 0 Å². The fourth-order valence-corrected chi connectivity index (χ4v) is 1.59. The van der Waals surface area contributed by atoms with Crippen molar-refractivity contribution in [3.05, 3.63) is 23.5 Å². The number of amides is 1. The zero-order valence-corrected chi connectivity index (χ0v) is 10.7. The zero-order chi connectivity index (χ0) is 15.3. The van der Waals surface area contributed by atoms with Crippen LogP contribution in [0.15, 0.2) is 12.3 Å². The Kier molecular flexibility index (Phi) is 4.91. The van der Waals surface area contributed by atoms with Crippen molar-refractivity contribution in [3.63, 3.8) is 0 Å². The van der Waals surface area contributed by atoms with Crippen LogP contribution in [-0.4, -0.2) is 16.9 Å².